The topological polar surface area (TPSA) is 61.4 Å². The second kappa shape index (κ2) is 8.11. The molecule has 1 unspecified atom stereocenters. The van der Waals surface area contributed by atoms with Gasteiger partial charge >= 0.3 is 6.03 Å². The van der Waals surface area contributed by atoms with E-state index in [2.05, 4.69) is 10.6 Å². The van der Waals surface area contributed by atoms with Crippen LogP contribution in [0.4, 0.5) is 14.9 Å². The molecule has 0 spiro atoms. The lowest BCUT2D eigenvalue weighted by atomic mass is 10.0. The summed E-state index contributed by atoms with van der Waals surface area (Å²) >= 11 is 1.31. The van der Waals surface area contributed by atoms with E-state index in [0.29, 0.717) is 22.9 Å². The summed E-state index contributed by atoms with van der Waals surface area (Å²) < 4.78 is 13.6. The predicted molar refractivity (Wildman–Crippen MR) is 80.7 cm³/mol. The van der Waals surface area contributed by atoms with Crippen LogP contribution in [0.5, 0.6) is 0 Å². The van der Waals surface area contributed by atoms with E-state index in [1.165, 1.54) is 17.8 Å². The van der Waals surface area contributed by atoms with Gasteiger partial charge in [0.15, 0.2) is 0 Å². The summed E-state index contributed by atoms with van der Waals surface area (Å²) in [6.07, 6.45) is 2.47. The number of nitrogens with one attached hydrogen (secondary N) is 2. The van der Waals surface area contributed by atoms with Crippen LogP contribution in [0.15, 0.2) is 23.1 Å². The molecule has 0 aromatic heterocycles. The summed E-state index contributed by atoms with van der Waals surface area (Å²) in [5.74, 6) is 0.00180. The van der Waals surface area contributed by atoms with Crippen molar-refractivity contribution in [2.24, 2.45) is 5.92 Å². The van der Waals surface area contributed by atoms with Gasteiger partial charge in [0.1, 0.15) is 5.82 Å². The van der Waals surface area contributed by atoms with E-state index in [4.69, 9.17) is 0 Å². The van der Waals surface area contributed by atoms with E-state index in [1.54, 1.807) is 18.4 Å². The molecule has 112 valence electrons. The Kier molecular flexibility index (Phi) is 6.81. The average molecular weight is 300 g/mol. The van der Waals surface area contributed by atoms with Crippen molar-refractivity contribution in [3.8, 4) is 0 Å². The normalized spacial score (nSPS) is 12.3. The molecule has 1 aromatic carbocycles. The van der Waals surface area contributed by atoms with Gasteiger partial charge in [-0.3, -0.25) is 0 Å². The summed E-state index contributed by atoms with van der Waals surface area (Å²) in [7, 11) is 0. The molecule has 0 saturated carbocycles. The third-order valence-corrected chi connectivity index (χ3v) is 3.49. The largest absolute Gasteiger partial charge is 0.394 e. The van der Waals surface area contributed by atoms with Gasteiger partial charge in [-0.2, -0.15) is 0 Å². The Balaban J connectivity index is 2.59. The van der Waals surface area contributed by atoms with Crippen molar-refractivity contribution < 1.29 is 14.3 Å². The minimum absolute atomic E-state index is 0.120. The molecule has 0 fully saturated rings. The second-order valence-corrected chi connectivity index (χ2v) is 5.80. The van der Waals surface area contributed by atoms with Crippen molar-refractivity contribution in [3.05, 3.63) is 24.0 Å². The second-order valence-electron chi connectivity index (χ2n) is 4.96. The maximum atomic E-state index is 13.6. The first-order valence-corrected chi connectivity index (χ1v) is 7.70. The zero-order valence-electron chi connectivity index (χ0n) is 11.9. The van der Waals surface area contributed by atoms with Crippen LogP contribution in [0.25, 0.3) is 0 Å². The van der Waals surface area contributed by atoms with Crippen LogP contribution in [0, 0.1) is 11.7 Å². The highest BCUT2D eigenvalue weighted by Gasteiger charge is 2.13. The van der Waals surface area contributed by atoms with Crippen molar-refractivity contribution >= 4 is 23.5 Å². The molecule has 0 aliphatic heterocycles. The monoisotopic (exact) mass is 300 g/mol. The van der Waals surface area contributed by atoms with E-state index < -0.39 is 6.03 Å². The highest BCUT2D eigenvalue weighted by atomic mass is 32.2. The lowest BCUT2D eigenvalue weighted by Gasteiger charge is -2.18. The molecule has 0 aliphatic carbocycles. The zero-order chi connectivity index (χ0) is 15.1. The lowest BCUT2D eigenvalue weighted by Crippen LogP contribution is -2.40. The quantitative estimate of drug-likeness (QED) is 0.708. The summed E-state index contributed by atoms with van der Waals surface area (Å²) in [6.45, 7) is 3.91. The van der Waals surface area contributed by atoms with Gasteiger partial charge in [-0.1, -0.05) is 13.8 Å². The number of carbonyl (C=O) groups excluding carboxylic acids is 1. The molecule has 3 N–H and O–H groups in total. The molecular weight excluding hydrogens is 279 g/mol. The first-order valence-electron chi connectivity index (χ1n) is 6.48. The number of halogens is 1. The van der Waals surface area contributed by atoms with Crippen molar-refractivity contribution in [1.82, 2.24) is 5.32 Å². The van der Waals surface area contributed by atoms with E-state index in [-0.39, 0.29) is 18.5 Å². The van der Waals surface area contributed by atoms with Crippen LogP contribution in [-0.2, 0) is 0 Å². The number of rotatable bonds is 6. The van der Waals surface area contributed by atoms with E-state index in [1.807, 2.05) is 13.8 Å². The first kappa shape index (κ1) is 16.8. The summed E-state index contributed by atoms with van der Waals surface area (Å²) in [6, 6.07) is 3.80. The third-order valence-electron chi connectivity index (χ3n) is 2.72. The number of hydrogen-bond acceptors (Lipinski definition) is 3. The van der Waals surface area contributed by atoms with Crippen LogP contribution in [0.2, 0.25) is 0 Å². The van der Waals surface area contributed by atoms with E-state index >= 15 is 0 Å². The molecule has 1 rings (SSSR count). The molecule has 0 heterocycles. The SMILES string of the molecule is CSc1ccc(NC(=O)NC(CO)CC(C)C)cc1F. The maximum Gasteiger partial charge on any atom is 0.319 e. The number of thioether (sulfide) groups is 1. The Hall–Kier alpha value is -1.27. The summed E-state index contributed by atoms with van der Waals surface area (Å²) in [5, 5.41) is 14.4. The Morgan fingerprint density at radius 1 is 1.45 bits per heavy atom. The Labute approximate surface area is 123 Å². The molecule has 1 aromatic rings. The van der Waals surface area contributed by atoms with Gasteiger partial charge < -0.3 is 15.7 Å². The van der Waals surface area contributed by atoms with Crippen molar-refractivity contribution in [2.45, 2.75) is 31.2 Å². The fourth-order valence-electron chi connectivity index (χ4n) is 1.84. The fourth-order valence-corrected chi connectivity index (χ4v) is 2.30. The van der Waals surface area contributed by atoms with Gasteiger partial charge in [0.25, 0.3) is 0 Å². The van der Waals surface area contributed by atoms with Gasteiger partial charge in [-0.25, -0.2) is 9.18 Å². The molecule has 0 radical (unpaired) electrons. The molecule has 4 nitrogen and oxygen atoms in total. The number of hydrogen-bond donors (Lipinski definition) is 3. The van der Waals surface area contributed by atoms with Crippen molar-refractivity contribution in [3.63, 3.8) is 0 Å². The molecule has 0 bridgehead atoms. The number of amides is 2. The van der Waals surface area contributed by atoms with Gasteiger partial charge in [0, 0.05) is 10.6 Å². The van der Waals surface area contributed by atoms with Crippen LogP contribution in [-0.4, -0.2) is 30.0 Å². The minimum Gasteiger partial charge on any atom is -0.394 e. The third kappa shape index (κ3) is 5.38. The lowest BCUT2D eigenvalue weighted by molar-refractivity contribution is 0.214. The van der Waals surface area contributed by atoms with Crippen LogP contribution < -0.4 is 10.6 Å². The van der Waals surface area contributed by atoms with Crippen molar-refractivity contribution in [1.29, 1.82) is 0 Å². The molecule has 20 heavy (non-hydrogen) atoms. The minimum atomic E-state index is -0.444. The molecule has 1 atom stereocenters. The van der Waals surface area contributed by atoms with Gasteiger partial charge in [0.05, 0.1) is 12.6 Å². The zero-order valence-corrected chi connectivity index (χ0v) is 12.8. The average Bonchev–Trinajstić information content (AvgIpc) is 2.37. The van der Waals surface area contributed by atoms with Crippen LogP contribution >= 0.6 is 11.8 Å². The number of carbonyl (C=O) groups is 1. The fraction of sp³-hybridized carbons (Fsp3) is 0.500. The first-order chi connectivity index (χ1) is 9.46. The molecule has 2 amide bonds. The highest BCUT2D eigenvalue weighted by molar-refractivity contribution is 7.98. The number of aliphatic hydroxyl groups is 1. The standard InChI is InChI=1S/C14H21FN2O2S/c1-9(2)6-11(8-18)17-14(19)16-10-4-5-13(20-3)12(15)7-10/h4-5,7,9,11,18H,6,8H2,1-3H3,(H2,16,17,19). The Bertz CT molecular complexity index is 455. The van der Waals surface area contributed by atoms with E-state index in [0.717, 1.165) is 0 Å². The van der Waals surface area contributed by atoms with E-state index in [9.17, 15) is 14.3 Å². The van der Waals surface area contributed by atoms with Crippen LogP contribution in [0.3, 0.4) is 0 Å². The molecule has 6 heteroatoms. The smallest absolute Gasteiger partial charge is 0.319 e. The number of urea groups is 1. The van der Waals surface area contributed by atoms with Crippen molar-refractivity contribution in [2.75, 3.05) is 18.2 Å². The number of anilines is 1. The number of benzene rings is 1. The summed E-state index contributed by atoms with van der Waals surface area (Å²) in [5.41, 5.74) is 0.388. The molecule has 0 aliphatic rings. The van der Waals surface area contributed by atoms with Gasteiger partial charge in [-0.05, 0) is 36.8 Å². The molecule has 0 saturated heterocycles. The summed E-state index contributed by atoms with van der Waals surface area (Å²) in [4.78, 5) is 12.3. The molecular formula is C14H21FN2O2S. The number of aliphatic hydroxyl groups excluding tert-OH is 1. The van der Waals surface area contributed by atoms with Gasteiger partial charge in [-0.15, -0.1) is 11.8 Å². The Morgan fingerprint density at radius 2 is 2.15 bits per heavy atom. The highest BCUT2D eigenvalue weighted by Crippen LogP contribution is 2.22. The van der Waals surface area contributed by atoms with Crippen LogP contribution in [0.1, 0.15) is 20.3 Å². The van der Waals surface area contributed by atoms with Gasteiger partial charge in [0.2, 0.25) is 0 Å². The Morgan fingerprint density at radius 3 is 2.65 bits per heavy atom. The maximum absolute atomic E-state index is 13.6. The predicted octanol–water partition coefficient (Wildman–Crippen LogP) is 3.08.